The van der Waals surface area contributed by atoms with Crippen LogP contribution in [0.1, 0.15) is 44.1 Å². The Morgan fingerprint density at radius 1 is 1.24 bits per heavy atom. The summed E-state index contributed by atoms with van der Waals surface area (Å²) in [6, 6.07) is 0.202. The van der Waals surface area contributed by atoms with Crippen molar-refractivity contribution in [2.45, 2.75) is 58.0 Å². The van der Waals surface area contributed by atoms with Crippen LogP contribution in [0.25, 0.3) is 0 Å². The van der Waals surface area contributed by atoms with E-state index < -0.39 is 0 Å². The zero-order valence-corrected chi connectivity index (χ0v) is 15.1. The first-order chi connectivity index (χ1) is 12.1. The second-order valence-electron chi connectivity index (χ2n) is 8.06. The average Bonchev–Trinajstić information content (AvgIpc) is 3.22. The molecule has 3 aliphatic rings. The van der Waals surface area contributed by atoms with Gasteiger partial charge in [0.05, 0.1) is 24.7 Å². The third-order valence-corrected chi connectivity index (χ3v) is 5.81. The highest BCUT2D eigenvalue weighted by molar-refractivity contribution is 5.89. The fraction of sp³-hybridized carbons (Fsp3) is 0.737. The Morgan fingerprint density at radius 3 is 2.80 bits per heavy atom. The first-order valence-corrected chi connectivity index (χ1v) is 9.67. The van der Waals surface area contributed by atoms with E-state index in [1.807, 2.05) is 33.8 Å². The van der Waals surface area contributed by atoms with Gasteiger partial charge in [-0.05, 0) is 50.5 Å². The fourth-order valence-electron chi connectivity index (χ4n) is 4.22. The molecule has 0 radical (unpaired) electrons. The highest BCUT2D eigenvalue weighted by Gasteiger charge is 2.40. The zero-order valence-electron chi connectivity index (χ0n) is 15.1. The van der Waals surface area contributed by atoms with Crippen LogP contribution in [0.4, 0.5) is 0 Å². The van der Waals surface area contributed by atoms with E-state index in [2.05, 4.69) is 5.10 Å². The summed E-state index contributed by atoms with van der Waals surface area (Å²) < 4.78 is 1.95. The molecule has 4 rings (SSSR count). The Labute approximate surface area is 149 Å². The summed E-state index contributed by atoms with van der Waals surface area (Å²) in [7, 11) is 0. The van der Waals surface area contributed by atoms with Crippen LogP contribution in [-0.4, -0.2) is 57.1 Å². The minimum atomic E-state index is -0.147. The van der Waals surface area contributed by atoms with Gasteiger partial charge in [0.1, 0.15) is 0 Å². The summed E-state index contributed by atoms with van der Waals surface area (Å²) in [5, 5.41) is 4.38. The molecule has 2 amide bonds. The zero-order chi connectivity index (χ0) is 17.4. The molecule has 2 unspecified atom stereocenters. The molecule has 0 aromatic carbocycles. The molecule has 0 bridgehead atoms. The largest absolute Gasteiger partial charge is 0.342 e. The predicted molar refractivity (Wildman–Crippen MR) is 93.7 cm³/mol. The highest BCUT2D eigenvalue weighted by atomic mass is 16.2. The van der Waals surface area contributed by atoms with Crippen molar-refractivity contribution in [2.75, 3.05) is 19.6 Å². The van der Waals surface area contributed by atoms with E-state index in [0.717, 1.165) is 44.5 Å². The quantitative estimate of drug-likeness (QED) is 0.819. The number of piperidine rings is 1. The summed E-state index contributed by atoms with van der Waals surface area (Å²) in [5.74, 6) is 0.886. The molecule has 1 saturated carbocycles. The van der Waals surface area contributed by atoms with Crippen molar-refractivity contribution in [1.29, 1.82) is 0 Å². The molecule has 1 aliphatic carbocycles. The molecule has 6 heteroatoms. The minimum absolute atomic E-state index is 0.147. The number of likely N-dealkylation sites (tertiary alicyclic amines) is 2. The molecule has 6 nitrogen and oxygen atoms in total. The van der Waals surface area contributed by atoms with Crippen LogP contribution < -0.4 is 0 Å². The third kappa shape index (κ3) is 3.72. The van der Waals surface area contributed by atoms with E-state index in [1.54, 1.807) is 0 Å². The van der Waals surface area contributed by atoms with Crippen LogP contribution >= 0.6 is 0 Å². The van der Waals surface area contributed by atoms with Gasteiger partial charge in [-0.3, -0.25) is 14.3 Å². The lowest BCUT2D eigenvalue weighted by molar-refractivity contribution is -0.139. The molecule has 2 saturated heterocycles. The Kier molecular flexibility index (Phi) is 4.52. The summed E-state index contributed by atoms with van der Waals surface area (Å²) in [5.41, 5.74) is 1.14. The predicted octanol–water partition coefficient (Wildman–Crippen LogP) is 1.83. The molecule has 2 atom stereocenters. The van der Waals surface area contributed by atoms with Crippen molar-refractivity contribution in [3.05, 3.63) is 18.0 Å². The van der Waals surface area contributed by atoms with Crippen LogP contribution in [0.2, 0.25) is 0 Å². The second-order valence-corrected chi connectivity index (χ2v) is 8.06. The lowest BCUT2D eigenvalue weighted by atomic mass is 9.98. The van der Waals surface area contributed by atoms with E-state index in [1.165, 1.54) is 12.8 Å². The van der Waals surface area contributed by atoms with Crippen LogP contribution in [0.5, 0.6) is 0 Å². The van der Waals surface area contributed by atoms with Crippen LogP contribution in [0, 0.1) is 18.8 Å². The molecule has 136 valence electrons. The standard InChI is InChI=1S/C19H28N4O2/c1-14-9-20-22(10-14)13-17-4-2-3-7-23(17)19(25)16-8-18(24)21(12-16)11-15-5-6-15/h9-10,15-17H,2-8,11-13H2,1H3. The van der Waals surface area contributed by atoms with Gasteiger partial charge in [0, 0.05) is 32.3 Å². The number of amides is 2. The normalized spacial score (nSPS) is 27.2. The molecular formula is C19H28N4O2. The molecular weight excluding hydrogens is 316 g/mol. The van der Waals surface area contributed by atoms with Gasteiger partial charge in [-0.1, -0.05) is 0 Å². The fourth-order valence-corrected chi connectivity index (χ4v) is 4.22. The average molecular weight is 344 g/mol. The number of hydrogen-bond acceptors (Lipinski definition) is 3. The number of aryl methyl sites for hydroxylation is 1. The summed E-state index contributed by atoms with van der Waals surface area (Å²) >= 11 is 0. The minimum Gasteiger partial charge on any atom is -0.342 e. The van der Waals surface area contributed by atoms with Gasteiger partial charge in [-0.2, -0.15) is 5.10 Å². The van der Waals surface area contributed by atoms with E-state index in [9.17, 15) is 9.59 Å². The van der Waals surface area contributed by atoms with Crippen molar-refractivity contribution >= 4 is 11.8 Å². The van der Waals surface area contributed by atoms with E-state index in [-0.39, 0.29) is 23.8 Å². The number of rotatable bonds is 5. The maximum atomic E-state index is 13.1. The Hall–Kier alpha value is -1.85. The van der Waals surface area contributed by atoms with E-state index in [4.69, 9.17) is 0 Å². The van der Waals surface area contributed by atoms with Gasteiger partial charge in [0.2, 0.25) is 11.8 Å². The lowest BCUT2D eigenvalue weighted by Gasteiger charge is -2.37. The van der Waals surface area contributed by atoms with E-state index >= 15 is 0 Å². The maximum Gasteiger partial charge on any atom is 0.228 e. The smallest absolute Gasteiger partial charge is 0.228 e. The number of hydrogen-bond donors (Lipinski definition) is 0. The monoisotopic (exact) mass is 344 g/mol. The molecule has 1 aromatic heterocycles. The second kappa shape index (κ2) is 6.81. The van der Waals surface area contributed by atoms with Crippen molar-refractivity contribution < 1.29 is 9.59 Å². The van der Waals surface area contributed by atoms with Crippen molar-refractivity contribution in [2.24, 2.45) is 11.8 Å². The third-order valence-electron chi connectivity index (χ3n) is 5.81. The molecule has 0 N–H and O–H groups in total. The molecule has 0 spiro atoms. The highest BCUT2D eigenvalue weighted by Crippen LogP contribution is 2.33. The van der Waals surface area contributed by atoms with Gasteiger partial charge in [0.15, 0.2) is 0 Å². The number of nitrogens with zero attached hydrogens (tertiary/aromatic N) is 4. The van der Waals surface area contributed by atoms with Crippen molar-refractivity contribution in [3.8, 4) is 0 Å². The molecule has 3 heterocycles. The van der Waals surface area contributed by atoms with Crippen molar-refractivity contribution in [3.63, 3.8) is 0 Å². The molecule has 2 aliphatic heterocycles. The first-order valence-electron chi connectivity index (χ1n) is 9.67. The van der Waals surface area contributed by atoms with Crippen LogP contribution in [-0.2, 0) is 16.1 Å². The maximum absolute atomic E-state index is 13.1. The van der Waals surface area contributed by atoms with Gasteiger partial charge in [-0.15, -0.1) is 0 Å². The topological polar surface area (TPSA) is 58.4 Å². The number of aromatic nitrogens is 2. The van der Waals surface area contributed by atoms with Gasteiger partial charge < -0.3 is 9.80 Å². The molecule has 3 fully saturated rings. The summed E-state index contributed by atoms with van der Waals surface area (Å²) in [4.78, 5) is 29.3. The van der Waals surface area contributed by atoms with Crippen molar-refractivity contribution in [1.82, 2.24) is 19.6 Å². The van der Waals surface area contributed by atoms with Crippen LogP contribution in [0.3, 0.4) is 0 Å². The lowest BCUT2D eigenvalue weighted by Crippen LogP contribution is -2.48. The van der Waals surface area contributed by atoms with Crippen LogP contribution in [0.15, 0.2) is 12.4 Å². The van der Waals surface area contributed by atoms with E-state index in [0.29, 0.717) is 18.9 Å². The molecule has 1 aromatic rings. The Morgan fingerprint density at radius 2 is 2.08 bits per heavy atom. The molecule has 25 heavy (non-hydrogen) atoms. The van der Waals surface area contributed by atoms with Gasteiger partial charge in [0.25, 0.3) is 0 Å². The van der Waals surface area contributed by atoms with Gasteiger partial charge in [-0.25, -0.2) is 0 Å². The number of carbonyl (C=O) groups excluding carboxylic acids is 2. The number of carbonyl (C=O) groups is 2. The first kappa shape index (κ1) is 16.6. The SMILES string of the molecule is Cc1cnn(CC2CCCCN2C(=O)C2CC(=O)N(CC3CC3)C2)c1. The summed E-state index contributed by atoms with van der Waals surface area (Å²) in [6.07, 6.45) is 10.0. The Balaban J connectivity index is 1.41. The van der Waals surface area contributed by atoms with Gasteiger partial charge >= 0.3 is 0 Å². The summed E-state index contributed by atoms with van der Waals surface area (Å²) in [6.45, 7) is 5.09. The Bertz CT molecular complexity index is 652.